The summed E-state index contributed by atoms with van der Waals surface area (Å²) in [6.07, 6.45) is 3.55. The summed E-state index contributed by atoms with van der Waals surface area (Å²) in [6.45, 7) is 7.69. The topological polar surface area (TPSA) is 59.0 Å². The minimum Gasteiger partial charge on any atom is -0.352 e. The summed E-state index contributed by atoms with van der Waals surface area (Å²) in [5, 5.41) is 11.0. The van der Waals surface area contributed by atoms with Crippen LogP contribution in [0.3, 0.4) is 0 Å². The molecule has 1 aromatic heterocycles. The fourth-order valence-electron chi connectivity index (χ4n) is 3.48. The number of nitrogens with one attached hydrogen (secondary N) is 2. The molecule has 0 saturated carbocycles. The second-order valence-corrected chi connectivity index (χ2v) is 7.04. The van der Waals surface area contributed by atoms with Gasteiger partial charge in [-0.1, -0.05) is 12.1 Å². The van der Waals surface area contributed by atoms with Crippen LogP contribution in [-0.2, 0) is 6.54 Å². The van der Waals surface area contributed by atoms with E-state index in [-0.39, 0.29) is 5.91 Å². The van der Waals surface area contributed by atoms with Crippen molar-refractivity contribution in [2.24, 2.45) is 5.92 Å². The number of piperidine rings is 1. The lowest BCUT2D eigenvalue weighted by atomic mass is 9.96. The molecule has 3 rings (SSSR count). The normalized spacial score (nSPS) is 17.4. The molecule has 1 aromatic carbocycles. The van der Waals surface area contributed by atoms with Gasteiger partial charge >= 0.3 is 0 Å². The van der Waals surface area contributed by atoms with Crippen molar-refractivity contribution in [3.05, 3.63) is 52.8 Å². The quantitative estimate of drug-likeness (QED) is 0.850. The Morgan fingerprint density at radius 2 is 2.24 bits per heavy atom. The maximum Gasteiger partial charge on any atom is 0.251 e. The van der Waals surface area contributed by atoms with Gasteiger partial charge in [0.15, 0.2) is 0 Å². The Morgan fingerprint density at radius 1 is 1.36 bits per heavy atom. The summed E-state index contributed by atoms with van der Waals surface area (Å²) >= 11 is 0. The molecule has 1 atom stereocenters. The van der Waals surface area contributed by atoms with Crippen molar-refractivity contribution in [1.82, 2.24) is 20.4 Å². The third kappa shape index (κ3) is 4.92. The molecule has 2 aromatic rings. The maximum absolute atomic E-state index is 12.4. The van der Waals surface area contributed by atoms with E-state index < -0.39 is 0 Å². The SMILES string of the molecule is Cc1cc(C)n(Cc2cccc(C(=O)NCCC3CCCNC3)c2)n1. The zero-order valence-corrected chi connectivity index (χ0v) is 15.2. The Labute approximate surface area is 149 Å². The second kappa shape index (κ2) is 8.30. The summed E-state index contributed by atoms with van der Waals surface area (Å²) in [4.78, 5) is 12.4. The van der Waals surface area contributed by atoms with Gasteiger partial charge in [-0.05, 0) is 75.9 Å². The molecule has 1 amide bonds. The van der Waals surface area contributed by atoms with E-state index in [0.29, 0.717) is 12.5 Å². The van der Waals surface area contributed by atoms with Crippen molar-refractivity contribution in [2.75, 3.05) is 19.6 Å². The molecule has 0 aliphatic carbocycles. The number of hydrogen-bond donors (Lipinski definition) is 2. The van der Waals surface area contributed by atoms with Crippen molar-refractivity contribution in [2.45, 2.75) is 39.7 Å². The Bertz CT molecular complexity index is 716. The highest BCUT2D eigenvalue weighted by atomic mass is 16.1. The van der Waals surface area contributed by atoms with Crippen LogP contribution < -0.4 is 10.6 Å². The first-order chi connectivity index (χ1) is 12.1. The van der Waals surface area contributed by atoms with Gasteiger partial charge < -0.3 is 10.6 Å². The Kier molecular flexibility index (Phi) is 5.87. The summed E-state index contributed by atoms with van der Waals surface area (Å²) in [5.41, 5.74) is 3.97. The van der Waals surface area contributed by atoms with Crippen molar-refractivity contribution >= 4 is 5.91 Å². The highest BCUT2D eigenvalue weighted by molar-refractivity contribution is 5.94. The largest absolute Gasteiger partial charge is 0.352 e. The van der Waals surface area contributed by atoms with E-state index in [4.69, 9.17) is 0 Å². The number of nitrogens with zero attached hydrogens (tertiary/aromatic N) is 2. The third-order valence-corrected chi connectivity index (χ3v) is 4.86. The number of carbonyl (C=O) groups excluding carboxylic acids is 1. The number of aryl methyl sites for hydroxylation is 2. The molecule has 1 aliphatic rings. The van der Waals surface area contributed by atoms with Crippen LogP contribution in [0.15, 0.2) is 30.3 Å². The lowest BCUT2D eigenvalue weighted by Crippen LogP contribution is -2.33. The Hall–Kier alpha value is -2.14. The van der Waals surface area contributed by atoms with Crippen LogP contribution in [0.4, 0.5) is 0 Å². The summed E-state index contributed by atoms with van der Waals surface area (Å²) in [7, 11) is 0. The average Bonchev–Trinajstić information content (AvgIpc) is 2.93. The third-order valence-electron chi connectivity index (χ3n) is 4.86. The number of benzene rings is 1. The van der Waals surface area contributed by atoms with Crippen LogP contribution in [-0.4, -0.2) is 35.3 Å². The lowest BCUT2D eigenvalue weighted by Gasteiger charge is -2.22. The molecule has 25 heavy (non-hydrogen) atoms. The van der Waals surface area contributed by atoms with Gasteiger partial charge in [0.05, 0.1) is 12.2 Å². The molecule has 2 N–H and O–H groups in total. The number of rotatable bonds is 6. The van der Waals surface area contributed by atoms with Crippen LogP contribution in [0.25, 0.3) is 0 Å². The smallest absolute Gasteiger partial charge is 0.251 e. The van der Waals surface area contributed by atoms with Crippen LogP contribution in [0, 0.1) is 19.8 Å². The molecule has 5 nitrogen and oxygen atoms in total. The molecule has 5 heteroatoms. The van der Waals surface area contributed by atoms with E-state index in [9.17, 15) is 4.79 Å². The molecule has 2 heterocycles. The van der Waals surface area contributed by atoms with E-state index in [1.165, 1.54) is 12.8 Å². The van der Waals surface area contributed by atoms with Crippen molar-refractivity contribution in [3.63, 3.8) is 0 Å². The molecular weight excluding hydrogens is 312 g/mol. The average molecular weight is 340 g/mol. The molecule has 0 bridgehead atoms. The van der Waals surface area contributed by atoms with Gasteiger partial charge in [0.25, 0.3) is 5.91 Å². The van der Waals surface area contributed by atoms with Crippen LogP contribution in [0.2, 0.25) is 0 Å². The standard InChI is InChI=1S/C20H28N4O/c1-15-11-16(2)24(23-15)14-18-5-3-7-19(12-18)20(25)22-10-8-17-6-4-9-21-13-17/h3,5,7,11-12,17,21H,4,6,8-10,13-14H2,1-2H3,(H,22,25). The predicted octanol–water partition coefficient (Wildman–Crippen LogP) is 2.67. The van der Waals surface area contributed by atoms with Gasteiger partial charge in [0.1, 0.15) is 0 Å². The highest BCUT2D eigenvalue weighted by Gasteiger charge is 2.13. The van der Waals surface area contributed by atoms with Crippen molar-refractivity contribution in [3.8, 4) is 0 Å². The molecule has 1 aliphatic heterocycles. The van der Waals surface area contributed by atoms with Crippen molar-refractivity contribution < 1.29 is 4.79 Å². The van der Waals surface area contributed by atoms with Crippen LogP contribution in [0.1, 0.15) is 46.6 Å². The number of aromatic nitrogens is 2. The molecule has 0 radical (unpaired) electrons. The molecule has 1 unspecified atom stereocenters. The second-order valence-electron chi connectivity index (χ2n) is 7.04. The highest BCUT2D eigenvalue weighted by Crippen LogP contribution is 2.13. The maximum atomic E-state index is 12.4. The zero-order valence-electron chi connectivity index (χ0n) is 15.2. The van der Waals surface area contributed by atoms with E-state index in [1.54, 1.807) is 0 Å². The van der Waals surface area contributed by atoms with E-state index in [1.807, 2.05) is 35.9 Å². The number of carbonyl (C=O) groups is 1. The van der Waals surface area contributed by atoms with Gasteiger partial charge in [0.2, 0.25) is 0 Å². The van der Waals surface area contributed by atoms with Gasteiger partial charge in [-0.15, -0.1) is 0 Å². The van der Waals surface area contributed by atoms with Crippen molar-refractivity contribution in [1.29, 1.82) is 0 Å². The van der Waals surface area contributed by atoms with Gasteiger partial charge in [-0.25, -0.2) is 0 Å². The first-order valence-corrected chi connectivity index (χ1v) is 9.21. The zero-order chi connectivity index (χ0) is 17.6. The Balaban J connectivity index is 1.54. The molecule has 134 valence electrons. The lowest BCUT2D eigenvalue weighted by molar-refractivity contribution is 0.0950. The van der Waals surface area contributed by atoms with Crippen LogP contribution in [0.5, 0.6) is 0 Å². The number of amides is 1. The first kappa shape index (κ1) is 17.7. The molecular formula is C20H28N4O. The minimum atomic E-state index is 0.0130. The molecule has 1 fully saturated rings. The Morgan fingerprint density at radius 3 is 2.96 bits per heavy atom. The number of hydrogen-bond acceptors (Lipinski definition) is 3. The monoisotopic (exact) mass is 340 g/mol. The summed E-state index contributed by atoms with van der Waals surface area (Å²) < 4.78 is 1.97. The fourth-order valence-corrected chi connectivity index (χ4v) is 3.48. The first-order valence-electron chi connectivity index (χ1n) is 9.21. The van der Waals surface area contributed by atoms with E-state index in [2.05, 4.69) is 28.7 Å². The summed E-state index contributed by atoms with van der Waals surface area (Å²) in [5.74, 6) is 0.699. The van der Waals surface area contributed by atoms with Gasteiger partial charge in [0, 0.05) is 17.8 Å². The minimum absolute atomic E-state index is 0.0130. The predicted molar refractivity (Wildman–Crippen MR) is 99.8 cm³/mol. The van der Waals surface area contributed by atoms with Gasteiger partial charge in [-0.3, -0.25) is 9.48 Å². The fraction of sp³-hybridized carbons (Fsp3) is 0.500. The molecule has 1 saturated heterocycles. The van der Waals surface area contributed by atoms with E-state index >= 15 is 0 Å². The van der Waals surface area contributed by atoms with E-state index in [0.717, 1.165) is 48.6 Å². The van der Waals surface area contributed by atoms with Gasteiger partial charge in [-0.2, -0.15) is 5.10 Å². The summed E-state index contributed by atoms with van der Waals surface area (Å²) in [6, 6.07) is 9.90. The van der Waals surface area contributed by atoms with Crippen LogP contribution >= 0.6 is 0 Å². The molecule has 0 spiro atoms.